The molecule has 106 valence electrons. The number of benzene rings is 1. The maximum atomic E-state index is 11.6. The maximum Gasteiger partial charge on any atom is 0.237 e. The van der Waals surface area contributed by atoms with Crippen molar-refractivity contribution in [3.8, 4) is 0 Å². The fourth-order valence-corrected chi connectivity index (χ4v) is 3.72. The lowest BCUT2D eigenvalue weighted by Gasteiger charge is -2.07. The summed E-state index contributed by atoms with van der Waals surface area (Å²) in [7, 11) is -4.67. The van der Waals surface area contributed by atoms with Gasteiger partial charge in [0.25, 0.3) is 0 Å². The summed E-state index contributed by atoms with van der Waals surface area (Å²) in [6, 6.07) is 6.71. The molecule has 0 aliphatic rings. The number of nitrogens with two attached hydrogens (primary N) is 1. The topological polar surface area (TPSA) is 106 Å². The lowest BCUT2D eigenvalue weighted by Crippen LogP contribution is -2.23. The van der Waals surface area contributed by atoms with Crippen LogP contribution in [0.3, 0.4) is 0 Å². The van der Waals surface area contributed by atoms with Crippen molar-refractivity contribution in [3.05, 3.63) is 24.3 Å². The summed E-state index contributed by atoms with van der Waals surface area (Å²) in [6.45, 7) is 0. The molecule has 1 amide bonds. The van der Waals surface area contributed by atoms with Crippen LogP contribution in [0, 0.1) is 0 Å². The summed E-state index contributed by atoms with van der Waals surface area (Å²) in [6.07, 6.45) is 1.06. The number of hydrogen-bond acceptors (Lipinski definition) is 5. The van der Waals surface area contributed by atoms with E-state index in [0.717, 1.165) is 6.26 Å². The Morgan fingerprint density at radius 2 is 2.00 bits per heavy atom. The molecule has 0 spiro atoms. The smallest absolute Gasteiger partial charge is 0.237 e. The van der Waals surface area contributed by atoms with Gasteiger partial charge in [-0.05, 0) is 12.1 Å². The van der Waals surface area contributed by atoms with E-state index < -0.39 is 26.5 Å². The van der Waals surface area contributed by atoms with E-state index in [0.29, 0.717) is 11.4 Å². The Hall–Kier alpha value is -1.41. The van der Waals surface area contributed by atoms with E-state index in [1.807, 2.05) is 0 Å². The molecule has 0 saturated heterocycles. The van der Waals surface area contributed by atoms with E-state index in [9.17, 15) is 17.4 Å². The van der Waals surface area contributed by atoms with Crippen molar-refractivity contribution in [1.29, 1.82) is 0 Å². The van der Waals surface area contributed by atoms with Crippen molar-refractivity contribution in [2.75, 3.05) is 34.6 Å². The predicted molar refractivity (Wildman–Crippen MR) is 77.1 cm³/mol. The number of amides is 1. The second-order valence-electron chi connectivity index (χ2n) is 4.05. The zero-order valence-corrected chi connectivity index (χ0v) is 12.1. The Labute approximate surface area is 114 Å². The molecule has 1 unspecified atom stereocenters. The molecule has 0 fully saturated rings. The zero-order chi connectivity index (χ0) is 14.5. The number of carbonyl (C=O) groups is 1. The lowest BCUT2D eigenvalue weighted by molar-refractivity contribution is -0.113. The fraction of sp³-hybridized carbons (Fsp3) is 0.364. The SMILES string of the molecule is CS(=O)(=O)CCS(=O)CC(=O)Nc1ccccc1N. The molecular formula is C11H16N2O4S2. The third kappa shape index (κ3) is 6.35. The van der Waals surface area contributed by atoms with Crippen LogP contribution >= 0.6 is 0 Å². The Morgan fingerprint density at radius 3 is 2.58 bits per heavy atom. The van der Waals surface area contributed by atoms with Gasteiger partial charge in [-0.25, -0.2) is 8.42 Å². The van der Waals surface area contributed by atoms with Crippen molar-refractivity contribution < 1.29 is 17.4 Å². The second kappa shape index (κ2) is 6.67. The minimum atomic E-state index is -3.17. The first kappa shape index (κ1) is 15.6. The molecule has 3 N–H and O–H groups in total. The first-order valence-electron chi connectivity index (χ1n) is 5.45. The zero-order valence-electron chi connectivity index (χ0n) is 10.5. The van der Waals surface area contributed by atoms with E-state index in [2.05, 4.69) is 5.32 Å². The van der Waals surface area contributed by atoms with E-state index in [4.69, 9.17) is 5.73 Å². The van der Waals surface area contributed by atoms with Crippen LogP contribution < -0.4 is 11.1 Å². The molecule has 0 aliphatic carbocycles. The van der Waals surface area contributed by atoms with E-state index in [-0.39, 0.29) is 17.3 Å². The Bertz CT molecular complexity index is 584. The molecule has 1 atom stereocenters. The summed E-state index contributed by atoms with van der Waals surface area (Å²) in [4.78, 5) is 11.6. The molecule has 1 aromatic carbocycles. The summed E-state index contributed by atoms with van der Waals surface area (Å²) in [5, 5.41) is 2.53. The highest BCUT2D eigenvalue weighted by atomic mass is 32.2. The molecule has 8 heteroatoms. The highest BCUT2D eigenvalue weighted by molar-refractivity contribution is 7.92. The highest BCUT2D eigenvalue weighted by Crippen LogP contribution is 2.16. The van der Waals surface area contributed by atoms with Gasteiger partial charge in [0, 0.05) is 22.8 Å². The number of rotatable bonds is 6. The van der Waals surface area contributed by atoms with Crippen molar-refractivity contribution in [3.63, 3.8) is 0 Å². The molecule has 19 heavy (non-hydrogen) atoms. The highest BCUT2D eigenvalue weighted by Gasteiger charge is 2.12. The van der Waals surface area contributed by atoms with Crippen LogP contribution in [0.2, 0.25) is 0 Å². The van der Waals surface area contributed by atoms with Gasteiger partial charge in [0.05, 0.1) is 17.1 Å². The molecule has 0 bridgehead atoms. The summed E-state index contributed by atoms with van der Waals surface area (Å²) < 4.78 is 33.3. The normalized spacial score (nSPS) is 12.9. The fourth-order valence-electron chi connectivity index (χ4n) is 1.26. The average molecular weight is 304 g/mol. The number of anilines is 2. The van der Waals surface area contributed by atoms with Gasteiger partial charge in [-0.2, -0.15) is 0 Å². The summed E-state index contributed by atoms with van der Waals surface area (Å²) >= 11 is 0. The number of sulfone groups is 1. The monoisotopic (exact) mass is 304 g/mol. The minimum Gasteiger partial charge on any atom is -0.397 e. The van der Waals surface area contributed by atoms with Crippen LogP contribution in [0.4, 0.5) is 11.4 Å². The van der Waals surface area contributed by atoms with Crippen LogP contribution in [0.1, 0.15) is 0 Å². The van der Waals surface area contributed by atoms with Crippen LogP contribution in [0.15, 0.2) is 24.3 Å². The van der Waals surface area contributed by atoms with Gasteiger partial charge >= 0.3 is 0 Å². The number of hydrogen-bond donors (Lipinski definition) is 2. The molecule has 6 nitrogen and oxygen atoms in total. The van der Waals surface area contributed by atoms with Crippen molar-refractivity contribution >= 4 is 37.9 Å². The van der Waals surface area contributed by atoms with Gasteiger partial charge in [0.2, 0.25) is 5.91 Å². The first-order chi connectivity index (χ1) is 8.78. The number of carbonyl (C=O) groups excluding carboxylic acids is 1. The van der Waals surface area contributed by atoms with Crippen molar-refractivity contribution in [2.45, 2.75) is 0 Å². The minimum absolute atomic E-state index is 0.0451. The molecular weight excluding hydrogens is 288 g/mol. The number of nitrogen functional groups attached to an aromatic ring is 1. The van der Waals surface area contributed by atoms with Gasteiger partial charge in [0.15, 0.2) is 0 Å². The van der Waals surface area contributed by atoms with E-state index >= 15 is 0 Å². The molecule has 0 aromatic heterocycles. The lowest BCUT2D eigenvalue weighted by atomic mass is 10.3. The van der Waals surface area contributed by atoms with Crippen LogP contribution in [-0.2, 0) is 25.4 Å². The Balaban J connectivity index is 2.48. The molecule has 0 radical (unpaired) electrons. The van der Waals surface area contributed by atoms with Crippen LogP contribution in [0.5, 0.6) is 0 Å². The Morgan fingerprint density at radius 1 is 1.37 bits per heavy atom. The summed E-state index contributed by atoms with van der Waals surface area (Å²) in [5.74, 6) is -0.939. The molecule has 0 heterocycles. The van der Waals surface area contributed by atoms with Gasteiger partial charge in [0.1, 0.15) is 15.6 Å². The van der Waals surface area contributed by atoms with Crippen molar-refractivity contribution in [2.24, 2.45) is 0 Å². The number of para-hydroxylation sites is 2. The van der Waals surface area contributed by atoms with Gasteiger partial charge < -0.3 is 11.1 Å². The van der Waals surface area contributed by atoms with E-state index in [1.165, 1.54) is 0 Å². The molecule has 0 aliphatic heterocycles. The van der Waals surface area contributed by atoms with Gasteiger partial charge in [-0.15, -0.1) is 0 Å². The second-order valence-corrected chi connectivity index (χ2v) is 7.89. The quantitative estimate of drug-likeness (QED) is 0.720. The van der Waals surface area contributed by atoms with Crippen LogP contribution in [0.25, 0.3) is 0 Å². The van der Waals surface area contributed by atoms with Crippen LogP contribution in [-0.4, -0.2) is 42.0 Å². The number of nitrogens with one attached hydrogen (secondary N) is 1. The molecule has 1 rings (SSSR count). The third-order valence-electron chi connectivity index (χ3n) is 2.21. The maximum absolute atomic E-state index is 11.6. The average Bonchev–Trinajstić information content (AvgIpc) is 2.29. The molecule has 0 saturated carbocycles. The molecule has 1 aromatic rings. The standard InChI is InChI=1S/C11H16N2O4S2/c1-19(16,17)7-6-18(15)8-11(14)13-10-5-3-2-4-9(10)12/h2-5H,6-8,12H2,1H3,(H,13,14). The Kier molecular flexibility index (Phi) is 5.49. The predicted octanol–water partition coefficient (Wildman–Crippen LogP) is 0.000600. The van der Waals surface area contributed by atoms with Gasteiger partial charge in [-0.3, -0.25) is 9.00 Å². The third-order valence-corrected chi connectivity index (χ3v) is 4.66. The van der Waals surface area contributed by atoms with E-state index in [1.54, 1.807) is 24.3 Å². The van der Waals surface area contributed by atoms with Crippen molar-refractivity contribution in [1.82, 2.24) is 0 Å². The first-order valence-corrected chi connectivity index (χ1v) is 9.00. The largest absolute Gasteiger partial charge is 0.397 e. The van der Waals surface area contributed by atoms with Gasteiger partial charge in [-0.1, -0.05) is 12.1 Å². The summed E-state index contributed by atoms with van der Waals surface area (Å²) in [5.41, 5.74) is 6.51.